The van der Waals surface area contributed by atoms with E-state index in [1.165, 1.54) is 53.0 Å². The molecule has 8 nitrogen and oxygen atoms in total. The number of anilines is 2. The summed E-state index contributed by atoms with van der Waals surface area (Å²) in [6.07, 6.45) is -3.12. The smallest absolute Gasteiger partial charge is 0.416 e. The third-order valence-electron chi connectivity index (χ3n) is 5.72. The lowest BCUT2D eigenvalue weighted by Crippen LogP contribution is -2.19. The van der Waals surface area contributed by atoms with Crippen LogP contribution in [0.15, 0.2) is 79.0 Å². The number of hydrogen-bond donors (Lipinski definition) is 3. The minimum atomic E-state index is -4.51. The zero-order valence-corrected chi connectivity index (χ0v) is 22.7. The summed E-state index contributed by atoms with van der Waals surface area (Å²) in [6, 6.07) is 17.1. The molecule has 0 radical (unpaired) electrons. The predicted molar refractivity (Wildman–Crippen MR) is 151 cm³/mol. The largest absolute Gasteiger partial charge is 0.481 e. The molecule has 41 heavy (non-hydrogen) atoms. The van der Waals surface area contributed by atoms with E-state index in [1.54, 1.807) is 30.3 Å². The highest BCUT2D eigenvalue weighted by Gasteiger charge is 2.30. The number of carboxylic acids is 1. The van der Waals surface area contributed by atoms with Gasteiger partial charge >= 0.3 is 12.1 Å². The van der Waals surface area contributed by atoms with Crippen molar-refractivity contribution in [3.63, 3.8) is 0 Å². The number of carboxylic acid groups (broad SMARTS) is 1. The van der Waals surface area contributed by atoms with Crippen LogP contribution in [0.25, 0.3) is 5.69 Å². The summed E-state index contributed by atoms with van der Waals surface area (Å²) in [5.41, 5.74) is 0.569. The van der Waals surface area contributed by atoms with Crippen LogP contribution in [0.4, 0.5) is 24.7 Å². The second kappa shape index (κ2) is 12.9. The van der Waals surface area contributed by atoms with Crippen LogP contribution >= 0.6 is 23.4 Å². The highest BCUT2D eigenvalue weighted by atomic mass is 35.5. The minimum Gasteiger partial charge on any atom is -0.481 e. The lowest BCUT2D eigenvalue weighted by molar-refractivity contribution is -0.138. The number of nitrogens with one attached hydrogen (secondary N) is 2. The fraction of sp³-hybridized carbons (Fsp3) is 0.143. The van der Waals surface area contributed by atoms with Gasteiger partial charge in [0.1, 0.15) is 0 Å². The topological polar surface area (TPSA) is 113 Å². The molecule has 0 unspecified atom stereocenters. The normalized spacial score (nSPS) is 11.2. The van der Waals surface area contributed by atoms with Crippen LogP contribution in [-0.4, -0.2) is 38.4 Å². The number of carbonyl (C=O) groups is 3. The Morgan fingerprint density at radius 3 is 2.44 bits per heavy atom. The van der Waals surface area contributed by atoms with Crippen LogP contribution < -0.4 is 10.6 Å². The Bertz CT molecular complexity index is 1590. The molecule has 0 spiro atoms. The molecule has 0 aliphatic rings. The van der Waals surface area contributed by atoms with Gasteiger partial charge in [-0.3, -0.25) is 14.4 Å². The van der Waals surface area contributed by atoms with Gasteiger partial charge < -0.3 is 15.7 Å². The van der Waals surface area contributed by atoms with Crippen LogP contribution in [0, 0.1) is 0 Å². The number of amides is 2. The molecule has 0 fully saturated rings. The van der Waals surface area contributed by atoms with E-state index in [-0.39, 0.29) is 34.7 Å². The van der Waals surface area contributed by atoms with Gasteiger partial charge in [0.25, 0.3) is 11.8 Å². The number of thioether (sulfide) groups is 1. The van der Waals surface area contributed by atoms with E-state index < -0.39 is 29.5 Å². The first-order valence-electron chi connectivity index (χ1n) is 12.0. The van der Waals surface area contributed by atoms with E-state index in [1.807, 2.05) is 0 Å². The van der Waals surface area contributed by atoms with Gasteiger partial charge in [0.15, 0.2) is 5.82 Å². The third kappa shape index (κ3) is 7.89. The number of rotatable bonds is 10. The van der Waals surface area contributed by atoms with Crippen molar-refractivity contribution in [2.45, 2.75) is 18.3 Å². The number of hydrogen-bond acceptors (Lipinski definition) is 5. The van der Waals surface area contributed by atoms with E-state index in [0.717, 1.165) is 12.1 Å². The molecule has 0 atom stereocenters. The van der Waals surface area contributed by atoms with Crippen molar-refractivity contribution in [1.29, 1.82) is 0 Å². The molecular formula is C28H22ClF3N4O4S. The molecular weight excluding hydrogens is 581 g/mol. The molecule has 4 aromatic rings. The SMILES string of the molecule is O=C(O)CCSCc1ccc(Cl)cc1C(=O)Nc1ccccc1C(=O)Nc1ccn(-c2cccc(C(F)(F)F)c2)n1. The lowest BCUT2D eigenvalue weighted by atomic mass is 10.1. The number of nitrogens with zero attached hydrogens (tertiary/aromatic N) is 2. The Morgan fingerprint density at radius 1 is 0.927 bits per heavy atom. The maximum absolute atomic E-state index is 13.2. The number of carbonyl (C=O) groups excluding carboxylic acids is 2. The molecule has 0 saturated heterocycles. The van der Waals surface area contributed by atoms with Crippen molar-refractivity contribution in [3.8, 4) is 5.69 Å². The molecule has 0 saturated carbocycles. The van der Waals surface area contributed by atoms with Gasteiger partial charge in [-0.2, -0.15) is 30.0 Å². The summed E-state index contributed by atoms with van der Waals surface area (Å²) in [5.74, 6) is -1.20. The maximum atomic E-state index is 13.2. The van der Waals surface area contributed by atoms with Crippen molar-refractivity contribution in [3.05, 3.63) is 106 Å². The number of halogens is 4. The second-order valence-corrected chi connectivity index (χ2v) is 10.2. The van der Waals surface area contributed by atoms with E-state index in [2.05, 4.69) is 15.7 Å². The molecule has 13 heteroatoms. The molecule has 3 N–H and O–H groups in total. The van der Waals surface area contributed by atoms with Gasteiger partial charge in [0.05, 0.1) is 28.9 Å². The Labute approximate surface area is 241 Å². The van der Waals surface area contributed by atoms with Gasteiger partial charge in [-0.15, -0.1) is 0 Å². The molecule has 0 bridgehead atoms. The number of aliphatic carboxylic acids is 1. The Hall–Kier alpha value is -4.29. The number of benzene rings is 3. The van der Waals surface area contributed by atoms with Crippen LogP contribution in [-0.2, 0) is 16.7 Å². The van der Waals surface area contributed by atoms with Crippen LogP contribution in [0.5, 0.6) is 0 Å². The summed E-state index contributed by atoms with van der Waals surface area (Å²) in [5, 5.41) is 18.6. The van der Waals surface area contributed by atoms with E-state index in [9.17, 15) is 27.6 Å². The Kier molecular flexibility index (Phi) is 9.35. The lowest BCUT2D eigenvalue weighted by Gasteiger charge is -2.13. The van der Waals surface area contributed by atoms with Crippen LogP contribution in [0.1, 0.15) is 38.3 Å². The van der Waals surface area contributed by atoms with Crippen LogP contribution in [0.3, 0.4) is 0 Å². The monoisotopic (exact) mass is 602 g/mol. The summed E-state index contributed by atoms with van der Waals surface area (Å²) >= 11 is 7.48. The highest BCUT2D eigenvalue weighted by Crippen LogP contribution is 2.30. The van der Waals surface area contributed by atoms with Crippen molar-refractivity contribution < 1.29 is 32.7 Å². The molecule has 2 amide bonds. The molecule has 3 aromatic carbocycles. The number of aromatic nitrogens is 2. The zero-order valence-electron chi connectivity index (χ0n) is 21.1. The first-order chi connectivity index (χ1) is 19.5. The zero-order chi connectivity index (χ0) is 29.6. The molecule has 0 aliphatic carbocycles. The van der Waals surface area contributed by atoms with Crippen molar-refractivity contribution in [2.24, 2.45) is 0 Å². The molecule has 4 rings (SSSR count). The Balaban J connectivity index is 1.49. The number of alkyl halides is 3. The van der Waals surface area contributed by atoms with E-state index >= 15 is 0 Å². The minimum absolute atomic E-state index is 0.0134. The number of para-hydroxylation sites is 1. The van der Waals surface area contributed by atoms with Crippen molar-refractivity contribution in [1.82, 2.24) is 9.78 Å². The molecule has 212 valence electrons. The maximum Gasteiger partial charge on any atom is 0.416 e. The standard InChI is InChI=1S/C28H22ClF3N4O4S/c29-19-9-8-17(16-41-13-11-25(37)38)22(15-19)27(40)33-23-7-2-1-6-21(23)26(39)34-24-10-12-36(35-24)20-5-3-4-18(14-20)28(30,31)32/h1-10,12,14-15H,11,13,16H2,(H,33,40)(H,37,38)(H,34,35,39). The molecule has 0 aliphatic heterocycles. The van der Waals surface area contributed by atoms with E-state index in [4.69, 9.17) is 16.7 Å². The van der Waals surface area contributed by atoms with Crippen molar-refractivity contribution in [2.75, 3.05) is 16.4 Å². The quantitative estimate of drug-likeness (QED) is 0.173. The van der Waals surface area contributed by atoms with Crippen molar-refractivity contribution >= 4 is 52.7 Å². The van der Waals surface area contributed by atoms with Gasteiger partial charge in [-0.25, -0.2) is 4.68 Å². The first kappa shape index (κ1) is 29.7. The molecule has 1 aromatic heterocycles. The second-order valence-electron chi connectivity index (χ2n) is 8.65. The average molecular weight is 603 g/mol. The average Bonchev–Trinajstić information content (AvgIpc) is 3.40. The first-order valence-corrected chi connectivity index (χ1v) is 13.6. The highest BCUT2D eigenvalue weighted by molar-refractivity contribution is 7.98. The summed E-state index contributed by atoms with van der Waals surface area (Å²) in [7, 11) is 0. The summed E-state index contributed by atoms with van der Waals surface area (Å²) in [6.45, 7) is 0. The van der Waals surface area contributed by atoms with E-state index in [0.29, 0.717) is 22.1 Å². The summed E-state index contributed by atoms with van der Waals surface area (Å²) < 4.78 is 40.4. The third-order valence-corrected chi connectivity index (χ3v) is 6.97. The fourth-order valence-electron chi connectivity index (χ4n) is 3.75. The summed E-state index contributed by atoms with van der Waals surface area (Å²) in [4.78, 5) is 37.1. The Morgan fingerprint density at radius 2 is 1.68 bits per heavy atom. The predicted octanol–water partition coefficient (Wildman–Crippen LogP) is 6.76. The van der Waals surface area contributed by atoms with Gasteiger partial charge in [0.2, 0.25) is 0 Å². The van der Waals surface area contributed by atoms with Gasteiger partial charge in [-0.05, 0) is 48.0 Å². The van der Waals surface area contributed by atoms with Gasteiger partial charge in [0, 0.05) is 34.4 Å². The van der Waals surface area contributed by atoms with Gasteiger partial charge in [-0.1, -0.05) is 35.9 Å². The van der Waals surface area contributed by atoms with Crippen LogP contribution in [0.2, 0.25) is 5.02 Å². The molecule has 1 heterocycles. The fourth-order valence-corrected chi connectivity index (χ4v) is 4.86.